The molecule has 26 heavy (non-hydrogen) atoms. The van der Waals surface area contributed by atoms with Gasteiger partial charge in [-0.2, -0.15) is 0 Å². The highest BCUT2D eigenvalue weighted by atomic mass is 32.1. The van der Waals surface area contributed by atoms with Crippen molar-refractivity contribution in [3.8, 4) is 0 Å². The minimum atomic E-state index is -0.423. The summed E-state index contributed by atoms with van der Waals surface area (Å²) in [6.07, 6.45) is 11.8. The second kappa shape index (κ2) is 8.84. The van der Waals surface area contributed by atoms with Crippen molar-refractivity contribution in [3.63, 3.8) is 0 Å². The molecule has 1 aromatic heterocycles. The zero-order valence-corrected chi connectivity index (χ0v) is 16.5. The molecule has 1 N–H and O–H groups in total. The van der Waals surface area contributed by atoms with Gasteiger partial charge >= 0.3 is 12.0 Å². The lowest BCUT2D eigenvalue weighted by molar-refractivity contribution is 0.0606. The lowest BCUT2D eigenvalue weighted by atomic mass is 9.84. The van der Waals surface area contributed by atoms with Crippen LogP contribution in [-0.2, 0) is 4.74 Å². The van der Waals surface area contributed by atoms with E-state index in [1.54, 1.807) is 0 Å². The number of carbonyl (C=O) groups is 2. The van der Waals surface area contributed by atoms with Crippen molar-refractivity contribution < 1.29 is 14.3 Å². The Morgan fingerprint density at radius 1 is 1.12 bits per heavy atom. The van der Waals surface area contributed by atoms with Crippen molar-refractivity contribution >= 4 is 28.5 Å². The van der Waals surface area contributed by atoms with Crippen LogP contribution < -0.4 is 5.32 Å². The molecule has 0 bridgehead atoms. The number of urea groups is 1. The number of ether oxygens (including phenoxy) is 1. The fraction of sp³-hybridized carbons (Fsp3) is 0.737. The van der Waals surface area contributed by atoms with Crippen LogP contribution in [0.1, 0.15) is 74.4 Å². The summed E-state index contributed by atoms with van der Waals surface area (Å²) in [5, 5.41) is 3.39. The fourth-order valence-corrected chi connectivity index (χ4v) is 4.92. The van der Waals surface area contributed by atoms with Gasteiger partial charge in [0.15, 0.2) is 5.13 Å². The molecule has 7 heteroatoms. The van der Waals surface area contributed by atoms with Crippen LogP contribution in [-0.4, -0.2) is 41.1 Å². The van der Waals surface area contributed by atoms with Gasteiger partial charge in [0.25, 0.3) is 0 Å². The molecule has 2 fully saturated rings. The summed E-state index contributed by atoms with van der Waals surface area (Å²) in [4.78, 5) is 31.4. The minimum absolute atomic E-state index is 0.0674. The molecule has 2 saturated carbocycles. The number of anilines is 1. The standard InChI is InChI=1S/C19H29N3O3S/c1-13-8-10-15(11-9-13)22(14-6-4-3-5-7-14)19(24)21-18-20-12-16(26-18)17(23)25-2/h12-15H,3-11H2,1-2H3,(H,20,21,24). The summed E-state index contributed by atoms with van der Waals surface area (Å²) in [5.74, 6) is 0.331. The Hall–Kier alpha value is -1.63. The number of methoxy groups -OCH3 is 1. The van der Waals surface area contributed by atoms with Gasteiger partial charge < -0.3 is 9.64 Å². The molecule has 2 aliphatic rings. The monoisotopic (exact) mass is 379 g/mol. The van der Waals surface area contributed by atoms with Crippen LogP contribution in [0.5, 0.6) is 0 Å². The number of carbonyl (C=O) groups excluding carboxylic acids is 2. The summed E-state index contributed by atoms with van der Waals surface area (Å²) in [7, 11) is 1.34. The van der Waals surface area contributed by atoms with Gasteiger partial charge in [-0.1, -0.05) is 37.5 Å². The van der Waals surface area contributed by atoms with Crippen LogP contribution in [0.15, 0.2) is 6.20 Å². The van der Waals surface area contributed by atoms with Gasteiger partial charge in [-0.15, -0.1) is 0 Å². The van der Waals surface area contributed by atoms with Crippen molar-refractivity contribution in [3.05, 3.63) is 11.1 Å². The quantitative estimate of drug-likeness (QED) is 0.771. The summed E-state index contributed by atoms with van der Waals surface area (Å²) in [6, 6.07) is 0.568. The number of rotatable bonds is 4. The van der Waals surface area contributed by atoms with E-state index in [4.69, 9.17) is 4.74 Å². The van der Waals surface area contributed by atoms with Crippen LogP contribution in [0.2, 0.25) is 0 Å². The Bertz CT molecular complexity index is 619. The normalized spacial score (nSPS) is 24.1. The molecule has 0 spiro atoms. The molecule has 144 valence electrons. The number of hydrogen-bond donors (Lipinski definition) is 1. The number of amides is 2. The molecule has 0 unspecified atom stereocenters. The Morgan fingerprint density at radius 3 is 2.42 bits per heavy atom. The molecule has 3 rings (SSSR count). The number of esters is 1. The van der Waals surface area contributed by atoms with Crippen LogP contribution in [0, 0.1) is 5.92 Å². The van der Waals surface area contributed by atoms with E-state index < -0.39 is 5.97 Å². The van der Waals surface area contributed by atoms with Crippen LogP contribution in [0.25, 0.3) is 0 Å². The molecule has 0 aliphatic heterocycles. The van der Waals surface area contributed by atoms with Crippen LogP contribution in [0.3, 0.4) is 0 Å². The highest BCUT2D eigenvalue weighted by Gasteiger charge is 2.34. The van der Waals surface area contributed by atoms with Gasteiger partial charge in [0.2, 0.25) is 0 Å². The smallest absolute Gasteiger partial charge is 0.349 e. The average molecular weight is 380 g/mol. The Balaban J connectivity index is 1.71. The molecule has 6 nitrogen and oxygen atoms in total. The SMILES string of the molecule is COC(=O)c1cnc(NC(=O)N(C2CCCCC2)C2CCC(C)CC2)s1. The first-order valence-electron chi connectivity index (χ1n) is 9.72. The van der Waals surface area contributed by atoms with E-state index in [0.29, 0.717) is 22.1 Å². The number of hydrogen-bond acceptors (Lipinski definition) is 5. The van der Waals surface area contributed by atoms with Crippen LogP contribution >= 0.6 is 11.3 Å². The number of nitrogens with zero attached hydrogens (tertiary/aromatic N) is 2. The highest BCUT2D eigenvalue weighted by Crippen LogP contribution is 2.33. The lowest BCUT2D eigenvalue weighted by Gasteiger charge is -2.42. The third-order valence-electron chi connectivity index (χ3n) is 5.69. The molecule has 0 radical (unpaired) electrons. The number of aromatic nitrogens is 1. The molecular weight excluding hydrogens is 350 g/mol. The second-order valence-corrected chi connectivity index (χ2v) is 8.59. The second-order valence-electron chi connectivity index (χ2n) is 7.56. The Kier molecular flexibility index (Phi) is 6.51. The maximum absolute atomic E-state index is 13.1. The van der Waals surface area contributed by atoms with Gasteiger partial charge in [0.1, 0.15) is 4.88 Å². The number of thiazole rings is 1. The molecule has 2 amide bonds. The van der Waals surface area contributed by atoms with Crippen molar-refractivity contribution in [2.24, 2.45) is 5.92 Å². The zero-order valence-electron chi connectivity index (χ0n) is 15.7. The van der Waals surface area contributed by atoms with E-state index in [2.05, 4.69) is 22.1 Å². The van der Waals surface area contributed by atoms with Gasteiger partial charge in [-0.05, 0) is 44.4 Å². The maximum Gasteiger partial charge on any atom is 0.349 e. The largest absolute Gasteiger partial charge is 0.465 e. The molecule has 0 saturated heterocycles. The summed E-state index contributed by atoms with van der Waals surface area (Å²) in [6.45, 7) is 2.30. The molecular formula is C19H29N3O3S. The van der Waals surface area contributed by atoms with Gasteiger partial charge in [0, 0.05) is 12.1 Å². The first-order valence-corrected chi connectivity index (χ1v) is 10.5. The fourth-order valence-electron chi connectivity index (χ4n) is 4.19. The number of nitrogens with one attached hydrogen (secondary N) is 1. The van der Waals surface area contributed by atoms with E-state index in [-0.39, 0.29) is 6.03 Å². The van der Waals surface area contributed by atoms with Crippen molar-refractivity contribution in [1.29, 1.82) is 0 Å². The summed E-state index contributed by atoms with van der Waals surface area (Å²) in [5.41, 5.74) is 0. The van der Waals surface area contributed by atoms with E-state index >= 15 is 0 Å². The minimum Gasteiger partial charge on any atom is -0.465 e. The van der Waals surface area contributed by atoms with E-state index in [1.165, 1.54) is 45.4 Å². The third kappa shape index (κ3) is 4.55. The van der Waals surface area contributed by atoms with Crippen molar-refractivity contribution in [1.82, 2.24) is 9.88 Å². The predicted molar refractivity (Wildman–Crippen MR) is 103 cm³/mol. The molecule has 1 aromatic rings. The van der Waals surface area contributed by atoms with Crippen molar-refractivity contribution in [2.75, 3.05) is 12.4 Å². The van der Waals surface area contributed by atoms with Gasteiger partial charge in [0.05, 0.1) is 13.3 Å². The molecule has 2 aliphatic carbocycles. The maximum atomic E-state index is 13.1. The van der Waals surface area contributed by atoms with Gasteiger partial charge in [-0.3, -0.25) is 5.32 Å². The first kappa shape index (κ1) is 19.1. The third-order valence-corrected chi connectivity index (χ3v) is 6.58. The van der Waals surface area contributed by atoms with Gasteiger partial charge in [-0.25, -0.2) is 14.6 Å². The highest BCUT2D eigenvalue weighted by molar-refractivity contribution is 7.17. The first-order chi connectivity index (χ1) is 12.6. The summed E-state index contributed by atoms with van der Waals surface area (Å²) < 4.78 is 4.71. The van der Waals surface area contributed by atoms with E-state index in [0.717, 1.165) is 42.9 Å². The topological polar surface area (TPSA) is 71.5 Å². The van der Waals surface area contributed by atoms with E-state index in [9.17, 15) is 9.59 Å². The summed E-state index contributed by atoms with van der Waals surface area (Å²) >= 11 is 1.16. The van der Waals surface area contributed by atoms with Crippen LogP contribution in [0.4, 0.5) is 9.93 Å². The molecule has 0 atom stereocenters. The van der Waals surface area contributed by atoms with E-state index in [1.807, 2.05) is 0 Å². The molecule has 0 aromatic carbocycles. The Morgan fingerprint density at radius 2 is 1.77 bits per heavy atom. The lowest BCUT2D eigenvalue weighted by Crippen LogP contribution is -2.51. The molecule has 1 heterocycles. The predicted octanol–water partition coefficient (Wildman–Crippen LogP) is 4.68. The average Bonchev–Trinajstić information content (AvgIpc) is 3.12. The Labute approximate surface area is 159 Å². The zero-order chi connectivity index (χ0) is 18.5. The van der Waals surface area contributed by atoms with Crippen molar-refractivity contribution in [2.45, 2.75) is 76.8 Å².